The van der Waals surface area contributed by atoms with E-state index < -0.39 is 24.3 Å². The minimum atomic E-state index is -0.736. The zero-order valence-corrected chi connectivity index (χ0v) is 16.8. The number of rotatable bonds is 6. The highest BCUT2D eigenvalue weighted by atomic mass is 16.6. The molecular formula is C25H19NO5. The lowest BCUT2D eigenvalue weighted by Crippen LogP contribution is -2.36. The van der Waals surface area contributed by atoms with Crippen molar-refractivity contribution in [2.75, 3.05) is 13.7 Å². The fourth-order valence-corrected chi connectivity index (χ4v) is 3.30. The maximum Gasteiger partial charge on any atom is 0.331 e. The maximum absolute atomic E-state index is 12.4. The molecule has 1 aliphatic rings. The molecule has 0 unspecified atom stereocenters. The van der Waals surface area contributed by atoms with Crippen LogP contribution in [-0.2, 0) is 4.79 Å². The first-order valence-electron chi connectivity index (χ1n) is 9.64. The van der Waals surface area contributed by atoms with Crippen LogP contribution in [0.3, 0.4) is 0 Å². The molecule has 0 saturated carbocycles. The smallest absolute Gasteiger partial charge is 0.331 e. The molecule has 0 N–H and O–H groups in total. The lowest BCUT2D eigenvalue weighted by Gasteiger charge is -2.14. The Bertz CT molecular complexity index is 1150. The second-order valence-corrected chi connectivity index (χ2v) is 6.87. The predicted molar refractivity (Wildman–Crippen MR) is 116 cm³/mol. The van der Waals surface area contributed by atoms with E-state index in [0.717, 1.165) is 16.0 Å². The van der Waals surface area contributed by atoms with E-state index in [1.807, 2.05) is 42.5 Å². The lowest BCUT2D eigenvalue weighted by atomic mass is 10.1. The average Bonchev–Trinajstić information content (AvgIpc) is 3.04. The van der Waals surface area contributed by atoms with Gasteiger partial charge < -0.3 is 9.47 Å². The van der Waals surface area contributed by atoms with Gasteiger partial charge >= 0.3 is 5.97 Å². The van der Waals surface area contributed by atoms with Crippen molar-refractivity contribution in [3.63, 3.8) is 0 Å². The van der Waals surface area contributed by atoms with E-state index in [4.69, 9.17) is 9.47 Å². The standard InChI is InChI=1S/C25H19NO5/c1-30-22-15-18(12-11-17-7-3-2-4-8-17)13-14-21(22)31-23(27)16-26-24(28)19-9-5-6-10-20(19)25(26)29/h2-15H,16H2,1H3. The fourth-order valence-electron chi connectivity index (χ4n) is 3.30. The zero-order chi connectivity index (χ0) is 21.8. The van der Waals surface area contributed by atoms with Gasteiger partial charge in [-0.3, -0.25) is 14.5 Å². The highest BCUT2D eigenvalue weighted by molar-refractivity contribution is 6.22. The summed E-state index contributed by atoms with van der Waals surface area (Å²) in [6, 6.07) is 21.4. The van der Waals surface area contributed by atoms with Gasteiger partial charge in [-0.05, 0) is 35.4 Å². The lowest BCUT2D eigenvalue weighted by molar-refractivity contribution is -0.134. The molecule has 6 heteroatoms. The number of carbonyl (C=O) groups is 3. The quantitative estimate of drug-likeness (QED) is 0.264. The molecular weight excluding hydrogens is 394 g/mol. The number of amides is 2. The van der Waals surface area contributed by atoms with Gasteiger partial charge in [0.05, 0.1) is 18.2 Å². The Kier molecular flexibility index (Phi) is 5.62. The van der Waals surface area contributed by atoms with Crippen LogP contribution in [0.25, 0.3) is 12.2 Å². The molecule has 4 rings (SSSR count). The molecule has 3 aromatic rings. The van der Waals surface area contributed by atoms with Crippen LogP contribution in [0.15, 0.2) is 72.8 Å². The predicted octanol–water partition coefficient (Wildman–Crippen LogP) is 4.07. The Morgan fingerprint density at radius 1 is 0.806 bits per heavy atom. The molecule has 1 aliphatic heterocycles. The SMILES string of the molecule is COc1cc(C=Cc2ccccc2)ccc1OC(=O)CN1C(=O)c2ccccc2C1=O. The Balaban J connectivity index is 1.45. The molecule has 0 atom stereocenters. The number of fused-ring (bicyclic) bond motifs is 1. The van der Waals surface area contributed by atoms with Crippen LogP contribution < -0.4 is 9.47 Å². The Morgan fingerprint density at radius 2 is 1.42 bits per heavy atom. The molecule has 154 valence electrons. The normalized spacial score (nSPS) is 12.9. The number of hydrogen-bond acceptors (Lipinski definition) is 5. The van der Waals surface area contributed by atoms with Crippen LogP contribution >= 0.6 is 0 Å². The van der Waals surface area contributed by atoms with Gasteiger partial charge in [-0.15, -0.1) is 0 Å². The van der Waals surface area contributed by atoms with Gasteiger partial charge in [0.2, 0.25) is 0 Å². The van der Waals surface area contributed by atoms with Crippen molar-refractivity contribution in [3.05, 3.63) is 95.1 Å². The minimum absolute atomic E-state index is 0.209. The third kappa shape index (κ3) is 4.23. The first-order chi connectivity index (χ1) is 15.1. The van der Waals surface area contributed by atoms with Crippen LogP contribution in [0, 0.1) is 0 Å². The van der Waals surface area contributed by atoms with Gasteiger partial charge in [0, 0.05) is 0 Å². The van der Waals surface area contributed by atoms with Crippen LogP contribution in [0.1, 0.15) is 31.8 Å². The van der Waals surface area contributed by atoms with Crippen LogP contribution in [0.2, 0.25) is 0 Å². The van der Waals surface area contributed by atoms with Crippen molar-refractivity contribution in [1.82, 2.24) is 4.90 Å². The number of hydrogen-bond donors (Lipinski definition) is 0. The average molecular weight is 413 g/mol. The van der Waals surface area contributed by atoms with Crippen molar-refractivity contribution in [2.45, 2.75) is 0 Å². The summed E-state index contributed by atoms with van der Waals surface area (Å²) in [4.78, 5) is 38.2. The molecule has 1 heterocycles. The van der Waals surface area contributed by atoms with Gasteiger partial charge in [-0.2, -0.15) is 0 Å². The third-order valence-corrected chi connectivity index (χ3v) is 4.84. The number of carbonyl (C=O) groups excluding carboxylic acids is 3. The first kappa shape index (κ1) is 20.1. The van der Waals surface area contributed by atoms with Crippen molar-refractivity contribution >= 4 is 29.9 Å². The highest BCUT2D eigenvalue weighted by Gasteiger charge is 2.36. The van der Waals surface area contributed by atoms with Crippen molar-refractivity contribution in [1.29, 1.82) is 0 Å². The van der Waals surface area contributed by atoms with Crippen LogP contribution in [0.4, 0.5) is 0 Å². The van der Waals surface area contributed by atoms with E-state index in [-0.39, 0.29) is 16.9 Å². The van der Waals surface area contributed by atoms with E-state index in [2.05, 4.69) is 0 Å². The van der Waals surface area contributed by atoms with Crippen molar-refractivity contribution < 1.29 is 23.9 Å². The Hall–Kier alpha value is -4.19. The molecule has 0 fully saturated rings. The van der Waals surface area contributed by atoms with E-state index in [1.54, 1.807) is 42.5 Å². The Labute approximate surface area is 179 Å². The fraction of sp³-hybridized carbons (Fsp3) is 0.0800. The van der Waals surface area contributed by atoms with Gasteiger partial charge in [-0.1, -0.05) is 60.7 Å². The number of ether oxygens (including phenoxy) is 2. The van der Waals surface area contributed by atoms with Gasteiger partial charge in [-0.25, -0.2) is 4.79 Å². The molecule has 31 heavy (non-hydrogen) atoms. The van der Waals surface area contributed by atoms with E-state index >= 15 is 0 Å². The van der Waals surface area contributed by atoms with Gasteiger partial charge in [0.1, 0.15) is 6.54 Å². The number of esters is 1. The summed E-state index contributed by atoms with van der Waals surface area (Å²) in [5.74, 6) is -1.18. The van der Waals surface area contributed by atoms with Crippen molar-refractivity contribution in [2.24, 2.45) is 0 Å². The second-order valence-electron chi connectivity index (χ2n) is 6.87. The molecule has 0 radical (unpaired) electrons. The molecule has 0 aromatic heterocycles. The summed E-state index contributed by atoms with van der Waals surface area (Å²) in [5, 5.41) is 0. The van der Waals surface area contributed by atoms with Gasteiger partial charge in [0.25, 0.3) is 11.8 Å². The number of nitrogens with zero attached hydrogens (tertiary/aromatic N) is 1. The molecule has 0 bridgehead atoms. The van der Waals surface area contributed by atoms with Crippen LogP contribution in [0.5, 0.6) is 11.5 Å². The largest absolute Gasteiger partial charge is 0.493 e. The third-order valence-electron chi connectivity index (χ3n) is 4.84. The second kappa shape index (κ2) is 8.67. The number of imide groups is 1. The molecule has 3 aromatic carbocycles. The molecule has 6 nitrogen and oxygen atoms in total. The first-order valence-corrected chi connectivity index (χ1v) is 9.64. The molecule has 2 amide bonds. The Morgan fingerprint density at radius 3 is 2.06 bits per heavy atom. The van der Waals surface area contributed by atoms with Gasteiger partial charge in [0.15, 0.2) is 11.5 Å². The summed E-state index contributed by atoms with van der Waals surface area (Å²) in [5.41, 5.74) is 2.48. The maximum atomic E-state index is 12.4. The topological polar surface area (TPSA) is 72.9 Å². The summed E-state index contributed by atoms with van der Waals surface area (Å²) in [6.45, 7) is -0.481. The minimum Gasteiger partial charge on any atom is -0.493 e. The zero-order valence-electron chi connectivity index (χ0n) is 16.8. The van der Waals surface area contributed by atoms with E-state index in [9.17, 15) is 14.4 Å². The monoisotopic (exact) mass is 413 g/mol. The van der Waals surface area contributed by atoms with Crippen LogP contribution in [-0.4, -0.2) is 36.3 Å². The summed E-state index contributed by atoms with van der Waals surface area (Å²) < 4.78 is 10.7. The summed E-state index contributed by atoms with van der Waals surface area (Å²) >= 11 is 0. The molecule has 0 aliphatic carbocycles. The van der Waals surface area contributed by atoms with Crippen molar-refractivity contribution in [3.8, 4) is 11.5 Å². The number of methoxy groups -OCH3 is 1. The summed E-state index contributed by atoms with van der Waals surface area (Å²) in [7, 11) is 1.47. The molecule has 0 saturated heterocycles. The number of benzene rings is 3. The molecule has 0 spiro atoms. The summed E-state index contributed by atoms with van der Waals surface area (Å²) in [6.07, 6.45) is 3.88. The van der Waals surface area contributed by atoms with E-state index in [0.29, 0.717) is 5.75 Å². The highest BCUT2D eigenvalue weighted by Crippen LogP contribution is 2.29. The van der Waals surface area contributed by atoms with E-state index in [1.165, 1.54) is 7.11 Å².